The van der Waals surface area contributed by atoms with E-state index in [1.165, 1.54) is 11.8 Å². The number of anilines is 1. The van der Waals surface area contributed by atoms with Crippen LogP contribution in [0.5, 0.6) is 5.75 Å². The lowest BCUT2D eigenvalue weighted by Crippen LogP contribution is -2.42. The third kappa shape index (κ3) is 5.96. The molecule has 200 valence electrons. The summed E-state index contributed by atoms with van der Waals surface area (Å²) >= 11 is 2.93. The highest BCUT2D eigenvalue weighted by Crippen LogP contribution is 2.31. The number of rotatable bonds is 8. The zero-order chi connectivity index (χ0) is 26.8. The first-order chi connectivity index (χ1) is 18.3. The number of thioether (sulfide) groups is 1. The molecule has 1 saturated heterocycles. The van der Waals surface area contributed by atoms with Crippen molar-refractivity contribution in [3.8, 4) is 16.3 Å². The quantitative estimate of drug-likeness (QED) is 0.391. The molecular formula is C27H32N6O3S2. The Bertz CT molecular complexity index is 1310. The molecule has 0 aliphatic carbocycles. The summed E-state index contributed by atoms with van der Waals surface area (Å²) in [4.78, 5) is 23.0. The average Bonchev–Trinajstić information content (AvgIpc) is 3.61. The van der Waals surface area contributed by atoms with Crippen molar-refractivity contribution in [3.05, 3.63) is 64.7 Å². The minimum Gasteiger partial charge on any atom is -0.488 e. The molecule has 9 nitrogen and oxygen atoms in total. The molecule has 3 atom stereocenters. The van der Waals surface area contributed by atoms with Crippen LogP contribution >= 0.6 is 23.1 Å². The van der Waals surface area contributed by atoms with Gasteiger partial charge in [0, 0.05) is 49.9 Å². The summed E-state index contributed by atoms with van der Waals surface area (Å²) < 4.78 is 6.03. The first-order valence-corrected chi connectivity index (χ1v) is 14.1. The maximum absolute atomic E-state index is 13.0. The van der Waals surface area contributed by atoms with Gasteiger partial charge in [-0.3, -0.25) is 10.2 Å². The fourth-order valence-corrected chi connectivity index (χ4v) is 6.38. The van der Waals surface area contributed by atoms with Crippen LogP contribution in [0.4, 0.5) is 5.69 Å². The Balaban J connectivity index is 1.18. The second-order valence-corrected chi connectivity index (χ2v) is 11.9. The second kappa shape index (κ2) is 11.3. The van der Waals surface area contributed by atoms with E-state index < -0.39 is 5.56 Å². The van der Waals surface area contributed by atoms with Gasteiger partial charge in [-0.25, -0.2) is 4.98 Å². The van der Waals surface area contributed by atoms with Crippen molar-refractivity contribution in [3.63, 3.8) is 0 Å². The SMILES string of the molecule is Cc1nc(-c2ccc(N(C)C)cc2)sc1COc1ccc(C(=O)N[C@@H]2CN(C)C[C@@H]2C2=NNC(O)S2)cc1. The Hall–Kier alpha value is -3.12. The lowest BCUT2D eigenvalue weighted by Gasteiger charge is -2.19. The number of aliphatic hydroxyl groups is 1. The number of nitrogens with zero attached hydrogens (tertiary/aromatic N) is 4. The van der Waals surface area contributed by atoms with Gasteiger partial charge in [-0.05, 0) is 62.5 Å². The molecule has 38 heavy (non-hydrogen) atoms. The van der Waals surface area contributed by atoms with Crippen molar-refractivity contribution in [1.29, 1.82) is 0 Å². The molecule has 2 aromatic carbocycles. The first kappa shape index (κ1) is 26.5. The lowest BCUT2D eigenvalue weighted by molar-refractivity contribution is 0.0935. The number of likely N-dealkylation sites (N-methyl/N-ethyl adjacent to an activating group) is 1. The van der Waals surface area contributed by atoms with Gasteiger partial charge in [0.25, 0.3) is 5.91 Å². The minimum absolute atomic E-state index is 0.0414. The summed E-state index contributed by atoms with van der Waals surface area (Å²) in [5.41, 5.74) is 5.72. The van der Waals surface area contributed by atoms with Crippen LogP contribution in [0.1, 0.15) is 20.9 Å². The van der Waals surface area contributed by atoms with Crippen LogP contribution in [0, 0.1) is 12.8 Å². The van der Waals surface area contributed by atoms with Crippen LogP contribution in [-0.2, 0) is 6.61 Å². The molecule has 1 amide bonds. The minimum atomic E-state index is -0.727. The normalized spacial score (nSPS) is 21.2. The lowest BCUT2D eigenvalue weighted by atomic mass is 10.0. The Morgan fingerprint density at radius 3 is 2.58 bits per heavy atom. The first-order valence-electron chi connectivity index (χ1n) is 12.4. The summed E-state index contributed by atoms with van der Waals surface area (Å²) in [6, 6.07) is 15.5. The van der Waals surface area contributed by atoms with Crippen molar-refractivity contribution in [2.24, 2.45) is 11.0 Å². The summed E-state index contributed by atoms with van der Waals surface area (Å²) in [5, 5.41) is 18.9. The molecule has 5 rings (SSSR count). The number of hydrogen-bond acceptors (Lipinski definition) is 10. The summed E-state index contributed by atoms with van der Waals surface area (Å²) in [5.74, 6) is 0.600. The Morgan fingerprint density at radius 1 is 1.18 bits per heavy atom. The monoisotopic (exact) mass is 552 g/mol. The molecule has 0 saturated carbocycles. The van der Waals surface area contributed by atoms with E-state index in [0.717, 1.165) is 45.0 Å². The van der Waals surface area contributed by atoms with Crippen LogP contribution in [0.2, 0.25) is 0 Å². The standard InChI is InChI=1S/C27H32N6O3S2/c1-16-23(37-25(28-16)18-5-9-19(10-6-18)32(2)3)15-36-20-11-7-17(8-12-20)24(34)29-22-14-33(4)13-21(22)26-30-31-27(35)38-26/h5-12,21-22,27,31,35H,13-15H2,1-4H3,(H,29,34)/t21-,22+,27?/m0/s1. The molecule has 2 aliphatic heterocycles. The van der Waals surface area contributed by atoms with Gasteiger partial charge < -0.3 is 25.0 Å². The molecule has 1 aromatic heterocycles. The number of nitrogens with one attached hydrogen (secondary N) is 2. The number of hydrazone groups is 1. The highest BCUT2D eigenvalue weighted by Gasteiger charge is 2.38. The summed E-state index contributed by atoms with van der Waals surface area (Å²) in [6.07, 6.45) is 0. The van der Waals surface area contributed by atoms with Crippen LogP contribution in [0.3, 0.4) is 0 Å². The maximum atomic E-state index is 13.0. The van der Waals surface area contributed by atoms with Crippen molar-refractivity contribution in [2.75, 3.05) is 39.1 Å². The van der Waals surface area contributed by atoms with Gasteiger partial charge in [-0.15, -0.1) is 11.3 Å². The number of aromatic nitrogens is 1. The number of thiazole rings is 1. The Labute approximate surface area is 230 Å². The zero-order valence-corrected chi connectivity index (χ0v) is 23.5. The third-order valence-corrected chi connectivity index (χ3v) is 8.81. The fraction of sp³-hybridized carbons (Fsp3) is 0.370. The molecule has 2 aliphatic rings. The molecule has 0 bridgehead atoms. The summed E-state index contributed by atoms with van der Waals surface area (Å²) in [7, 11) is 6.07. The van der Waals surface area contributed by atoms with E-state index in [9.17, 15) is 9.90 Å². The van der Waals surface area contributed by atoms with Crippen molar-refractivity contribution in [1.82, 2.24) is 20.6 Å². The highest BCUT2D eigenvalue weighted by atomic mass is 32.2. The summed E-state index contributed by atoms with van der Waals surface area (Å²) in [6.45, 7) is 3.92. The van der Waals surface area contributed by atoms with E-state index in [2.05, 4.69) is 49.9 Å². The number of benzene rings is 2. The van der Waals surface area contributed by atoms with Crippen molar-refractivity contribution < 1.29 is 14.6 Å². The molecule has 11 heteroatoms. The second-order valence-electron chi connectivity index (χ2n) is 9.74. The van der Waals surface area contributed by atoms with Crippen molar-refractivity contribution in [2.45, 2.75) is 25.1 Å². The predicted octanol–water partition coefficient (Wildman–Crippen LogP) is 3.35. The van der Waals surface area contributed by atoms with Gasteiger partial charge in [0.1, 0.15) is 22.4 Å². The molecule has 0 spiro atoms. The zero-order valence-electron chi connectivity index (χ0n) is 21.8. The molecule has 0 radical (unpaired) electrons. The van der Waals surface area contributed by atoms with Gasteiger partial charge in [0.05, 0.1) is 16.6 Å². The number of aliphatic hydroxyl groups excluding tert-OH is 1. The van der Waals surface area contributed by atoms with Crippen LogP contribution < -0.4 is 20.4 Å². The Morgan fingerprint density at radius 2 is 1.92 bits per heavy atom. The van der Waals surface area contributed by atoms with Crippen molar-refractivity contribution >= 4 is 39.7 Å². The number of likely N-dealkylation sites (tertiary alicyclic amines) is 1. The molecule has 1 unspecified atom stereocenters. The van der Waals surface area contributed by atoms with Crippen LogP contribution in [-0.4, -0.2) is 71.8 Å². The largest absolute Gasteiger partial charge is 0.488 e. The smallest absolute Gasteiger partial charge is 0.251 e. The number of carbonyl (C=O) groups excluding carboxylic acids is 1. The third-order valence-electron chi connectivity index (χ3n) is 6.66. The fourth-order valence-electron chi connectivity index (χ4n) is 4.54. The van der Waals surface area contributed by atoms with E-state index in [-0.39, 0.29) is 17.9 Å². The van der Waals surface area contributed by atoms with Gasteiger partial charge >= 0.3 is 0 Å². The van der Waals surface area contributed by atoms with Gasteiger partial charge in [-0.2, -0.15) is 5.10 Å². The number of amides is 1. The molecule has 3 heterocycles. The number of hydrogen-bond donors (Lipinski definition) is 3. The number of aryl methyl sites for hydroxylation is 1. The molecule has 3 aromatic rings. The van der Waals surface area contributed by atoms with E-state index in [1.807, 2.05) is 40.2 Å². The van der Waals surface area contributed by atoms with E-state index in [1.54, 1.807) is 23.5 Å². The van der Waals surface area contributed by atoms with Gasteiger partial charge in [-0.1, -0.05) is 11.8 Å². The molecule has 1 fully saturated rings. The van der Waals surface area contributed by atoms with Gasteiger partial charge in [0.15, 0.2) is 5.56 Å². The predicted molar refractivity (Wildman–Crippen MR) is 154 cm³/mol. The highest BCUT2D eigenvalue weighted by molar-refractivity contribution is 8.14. The van der Waals surface area contributed by atoms with E-state index in [4.69, 9.17) is 9.72 Å². The van der Waals surface area contributed by atoms with Crippen LogP contribution in [0.25, 0.3) is 10.6 Å². The number of carbonyl (C=O) groups is 1. The topological polar surface area (TPSA) is 102 Å². The van der Waals surface area contributed by atoms with Crippen LogP contribution in [0.15, 0.2) is 53.6 Å². The van der Waals surface area contributed by atoms with E-state index >= 15 is 0 Å². The average molecular weight is 553 g/mol. The molecule has 3 N–H and O–H groups in total. The van der Waals surface area contributed by atoms with E-state index in [0.29, 0.717) is 17.9 Å². The number of ether oxygens (including phenoxy) is 1. The Kier molecular flexibility index (Phi) is 7.89. The molecular weight excluding hydrogens is 520 g/mol. The van der Waals surface area contributed by atoms with Gasteiger partial charge in [0.2, 0.25) is 0 Å². The maximum Gasteiger partial charge on any atom is 0.251 e.